The molecule has 0 radical (unpaired) electrons. The molecule has 0 aromatic heterocycles. The van der Waals surface area contributed by atoms with Crippen molar-refractivity contribution in [3.63, 3.8) is 0 Å². The van der Waals surface area contributed by atoms with Crippen molar-refractivity contribution in [1.29, 1.82) is 0 Å². The molecule has 2 aromatic rings. The second kappa shape index (κ2) is 7.21. The van der Waals surface area contributed by atoms with Crippen molar-refractivity contribution < 1.29 is 8.42 Å². The van der Waals surface area contributed by atoms with E-state index in [0.717, 1.165) is 15.6 Å². The minimum atomic E-state index is -3.46. The molecule has 0 spiro atoms. The molecule has 1 N–H and O–H groups in total. The first kappa shape index (κ1) is 16.9. The molecule has 0 aliphatic heterocycles. The van der Waals surface area contributed by atoms with Gasteiger partial charge < -0.3 is 0 Å². The summed E-state index contributed by atoms with van der Waals surface area (Å²) in [5.41, 5.74) is 2.12. The van der Waals surface area contributed by atoms with Crippen LogP contribution in [0, 0.1) is 6.92 Å². The van der Waals surface area contributed by atoms with Gasteiger partial charge in [-0.2, -0.15) is 0 Å². The van der Waals surface area contributed by atoms with Gasteiger partial charge in [0.25, 0.3) is 0 Å². The molecule has 0 saturated carbocycles. The molecule has 2 rings (SSSR count). The molecule has 3 nitrogen and oxygen atoms in total. The highest BCUT2D eigenvalue weighted by molar-refractivity contribution is 14.1. The van der Waals surface area contributed by atoms with Crippen molar-refractivity contribution >= 4 is 48.5 Å². The molecule has 0 heterocycles. The fourth-order valence-corrected chi connectivity index (χ4v) is 4.17. The normalized spacial score (nSPS) is 13.1. The Kier molecular flexibility index (Phi) is 5.81. The summed E-state index contributed by atoms with van der Waals surface area (Å²) in [6, 6.07) is 14.7. The highest BCUT2D eigenvalue weighted by Gasteiger charge is 2.16. The predicted octanol–water partition coefficient (Wildman–Crippen LogP) is 4.21. The molecule has 0 aliphatic carbocycles. The van der Waals surface area contributed by atoms with E-state index in [0.29, 0.717) is 11.4 Å². The molecule has 112 valence electrons. The maximum Gasteiger partial charge on any atom is 0.240 e. The number of benzene rings is 2. The number of hydrogen-bond donors (Lipinski definition) is 1. The molecule has 0 saturated heterocycles. The predicted molar refractivity (Wildman–Crippen MR) is 97.3 cm³/mol. The average Bonchev–Trinajstić information content (AvgIpc) is 2.45. The molecule has 0 amide bonds. The summed E-state index contributed by atoms with van der Waals surface area (Å²) in [5.74, 6) is 0. The third-order valence-electron chi connectivity index (χ3n) is 2.99. The van der Waals surface area contributed by atoms with Gasteiger partial charge in [-0.15, -0.1) is 0 Å². The quantitative estimate of drug-likeness (QED) is 0.515. The van der Waals surface area contributed by atoms with Crippen LogP contribution in [-0.4, -0.2) is 15.0 Å². The first-order valence-electron chi connectivity index (χ1n) is 6.34. The van der Waals surface area contributed by atoms with Crippen LogP contribution in [0.15, 0.2) is 57.9 Å². The lowest BCUT2D eigenvalue weighted by Crippen LogP contribution is -2.26. The molecule has 0 unspecified atom stereocenters. The van der Waals surface area contributed by atoms with Gasteiger partial charge in [0.05, 0.1) is 4.90 Å². The van der Waals surface area contributed by atoms with Gasteiger partial charge >= 0.3 is 0 Å². The van der Waals surface area contributed by atoms with Crippen LogP contribution in [0.1, 0.15) is 15.1 Å². The summed E-state index contributed by atoms with van der Waals surface area (Å²) in [7, 11) is -3.46. The Hall–Kier alpha value is -0.440. The Balaban J connectivity index is 2.06. The zero-order valence-electron chi connectivity index (χ0n) is 11.4. The summed E-state index contributed by atoms with van der Waals surface area (Å²) >= 11 is 5.66. The van der Waals surface area contributed by atoms with Gasteiger partial charge in [0, 0.05) is 14.9 Å². The largest absolute Gasteiger partial charge is 0.240 e. The lowest BCUT2D eigenvalue weighted by atomic mass is 10.2. The number of alkyl halides is 1. The molecular weight excluding hydrogens is 465 g/mol. The maximum absolute atomic E-state index is 12.2. The highest BCUT2D eigenvalue weighted by Crippen LogP contribution is 2.25. The maximum atomic E-state index is 12.2. The van der Waals surface area contributed by atoms with E-state index < -0.39 is 10.0 Å². The van der Waals surface area contributed by atoms with E-state index in [1.165, 1.54) is 0 Å². The van der Waals surface area contributed by atoms with Crippen LogP contribution < -0.4 is 4.72 Å². The molecule has 0 aliphatic rings. The number of aryl methyl sites for hydroxylation is 1. The van der Waals surface area contributed by atoms with Gasteiger partial charge in [0.1, 0.15) is 0 Å². The Labute approximate surface area is 147 Å². The van der Waals surface area contributed by atoms with Crippen molar-refractivity contribution in [3.8, 4) is 0 Å². The van der Waals surface area contributed by atoms with Gasteiger partial charge in [0.15, 0.2) is 0 Å². The minimum absolute atomic E-state index is 0.0697. The number of rotatable bonds is 5. The van der Waals surface area contributed by atoms with Crippen LogP contribution >= 0.6 is 38.5 Å². The molecular formula is C15H15BrINO2S. The standard InChI is InChI=1S/C15H15BrINO2S/c1-11-5-7-14(8-6-11)21(19,20)18-10-15(17)12-3-2-4-13(16)9-12/h2-9,15,18H,10H2,1H3/t15-/m0/s1. The fourth-order valence-electron chi connectivity index (χ4n) is 1.80. The molecule has 6 heteroatoms. The van der Waals surface area contributed by atoms with Crippen molar-refractivity contribution in [2.24, 2.45) is 0 Å². The van der Waals surface area contributed by atoms with Crippen LogP contribution in [0.5, 0.6) is 0 Å². The van der Waals surface area contributed by atoms with Crippen molar-refractivity contribution in [3.05, 3.63) is 64.1 Å². The van der Waals surface area contributed by atoms with E-state index in [1.807, 2.05) is 31.2 Å². The van der Waals surface area contributed by atoms with Crippen molar-refractivity contribution in [2.75, 3.05) is 6.54 Å². The molecule has 0 bridgehead atoms. The Morgan fingerprint density at radius 2 is 1.86 bits per heavy atom. The van der Waals surface area contributed by atoms with Crippen LogP contribution in [0.3, 0.4) is 0 Å². The SMILES string of the molecule is Cc1ccc(S(=O)(=O)NC[C@H](I)c2cccc(Br)c2)cc1. The summed E-state index contributed by atoms with van der Waals surface area (Å²) in [6.45, 7) is 2.28. The minimum Gasteiger partial charge on any atom is -0.210 e. The lowest BCUT2D eigenvalue weighted by Gasteiger charge is -2.12. The van der Waals surface area contributed by atoms with Gasteiger partial charge in [-0.1, -0.05) is 68.3 Å². The topological polar surface area (TPSA) is 46.2 Å². The Morgan fingerprint density at radius 1 is 1.19 bits per heavy atom. The third-order valence-corrected chi connectivity index (χ3v) is 6.09. The zero-order chi connectivity index (χ0) is 15.5. The highest BCUT2D eigenvalue weighted by atomic mass is 127. The van der Waals surface area contributed by atoms with E-state index in [2.05, 4.69) is 43.2 Å². The van der Waals surface area contributed by atoms with Crippen molar-refractivity contribution in [2.45, 2.75) is 15.7 Å². The third kappa shape index (κ3) is 4.77. The van der Waals surface area contributed by atoms with Crippen LogP contribution in [-0.2, 0) is 10.0 Å². The smallest absolute Gasteiger partial charge is 0.210 e. The number of halogens is 2. The van der Waals surface area contributed by atoms with Gasteiger partial charge in [-0.25, -0.2) is 13.1 Å². The van der Waals surface area contributed by atoms with Gasteiger partial charge in [-0.05, 0) is 36.8 Å². The van der Waals surface area contributed by atoms with Crippen LogP contribution in [0.2, 0.25) is 0 Å². The average molecular weight is 480 g/mol. The Bertz CT molecular complexity index is 717. The second-order valence-electron chi connectivity index (χ2n) is 4.69. The van der Waals surface area contributed by atoms with E-state index in [-0.39, 0.29) is 3.92 Å². The molecule has 0 fully saturated rings. The number of sulfonamides is 1. The van der Waals surface area contributed by atoms with E-state index in [9.17, 15) is 8.42 Å². The van der Waals surface area contributed by atoms with E-state index in [1.54, 1.807) is 24.3 Å². The summed E-state index contributed by atoms with van der Waals surface area (Å²) in [5, 5.41) is 0. The van der Waals surface area contributed by atoms with Crippen molar-refractivity contribution in [1.82, 2.24) is 4.72 Å². The van der Waals surface area contributed by atoms with Gasteiger partial charge in [0.2, 0.25) is 10.0 Å². The molecule has 2 aromatic carbocycles. The monoisotopic (exact) mass is 479 g/mol. The van der Waals surface area contributed by atoms with E-state index >= 15 is 0 Å². The lowest BCUT2D eigenvalue weighted by molar-refractivity contribution is 0.582. The first-order chi connectivity index (χ1) is 9.88. The number of nitrogens with one attached hydrogen (secondary N) is 1. The zero-order valence-corrected chi connectivity index (χ0v) is 15.9. The second-order valence-corrected chi connectivity index (χ2v) is 8.87. The Morgan fingerprint density at radius 3 is 2.48 bits per heavy atom. The fraction of sp³-hybridized carbons (Fsp3) is 0.200. The summed E-state index contributed by atoms with van der Waals surface area (Å²) < 4.78 is 28.2. The summed E-state index contributed by atoms with van der Waals surface area (Å²) in [6.07, 6.45) is 0. The van der Waals surface area contributed by atoms with E-state index in [4.69, 9.17) is 0 Å². The van der Waals surface area contributed by atoms with Gasteiger partial charge in [-0.3, -0.25) is 0 Å². The van der Waals surface area contributed by atoms with Crippen LogP contribution in [0.4, 0.5) is 0 Å². The molecule has 21 heavy (non-hydrogen) atoms. The first-order valence-corrected chi connectivity index (χ1v) is 9.86. The molecule has 1 atom stereocenters. The van der Waals surface area contributed by atoms with Crippen LogP contribution in [0.25, 0.3) is 0 Å². The number of hydrogen-bond acceptors (Lipinski definition) is 2. The summed E-state index contributed by atoms with van der Waals surface area (Å²) in [4.78, 5) is 0.297.